The molecule has 0 amide bonds. The highest BCUT2D eigenvalue weighted by atomic mass is 32.1. The first kappa shape index (κ1) is 19.1. The topological polar surface area (TPSA) is 53.4 Å². The van der Waals surface area contributed by atoms with Crippen LogP contribution < -0.4 is 0 Å². The number of para-hydroxylation sites is 1. The molecule has 2 atom stereocenters. The minimum Gasteiger partial charge on any atom is -0.481 e. The normalized spacial score (nSPS) is 19.2. The van der Waals surface area contributed by atoms with Crippen LogP contribution in [0.25, 0.3) is 10.2 Å². The summed E-state index contributed by atoms with van der Waals surface area (Å²) in [5, 5.41) is 10.6. The molecular formula is C23H26N2O2S. The zero-order chi connectivity index (χ0) is 19.7. The van der Waals surface area contributed by atoms with Gasteiger partial charge in [-0.25, -0.2) is 4.98 Å². The number of benzene rings is 2. The van der Waals surface area contributed by atoms with Crippen molar-refractivity contribution in [2.45, 2.75) is 38.6 Å². The van der Waals surface area contributed by atoms with Crippen LogP contribution in [-0.4, -0.2) is 34.0 Å². The first-order valence-corrected chi connectivity index (χ1v) is 10.8. The Morgan fingerprint density at radius 2 is 1.86 bits per heavy atom. The Morgan fingerprint density at radius 1 is 1.14 bits per heavy atom. The molecule has 3 aromatic rings. The van der Waals surface area contributed by atoms with E-state index in [-0.39, 0.29) is 12.0 Å². The second-order valence-electron chi connectivity index (χ2n) is 7.92. The van der Waals surface area contributed by atoms with Gasteiger partial charge in [-0.2, -0.15) is 0 Å². The molecule has 146 valence electrons. The number of likely N-dealkylation sites (tertiary alicyclic amines) is 1. The van der Waals surface area contributed by atoms with Crippen molar-refractivity contribution >= 4 is 27.5 Å². The number of carboxylic acids is 1. The molecule has 1 aliphatic heterocycles. The van der Waals surface area contributed by atoms with Gasteiger partial charge in [0.2, 0.25) is 0 Å². The van der Waals surface area contributed by atoms with Gasteiger partial charge in [0.05, 0.1) is 22.2 Å². The molecule has 4 nitrogen and oxygen atoms in total. The Bertz CT molecular complexity index is 931. The molecule has 1 aromatic heterocycles. The third-order valence-corrected chi connectivity index (χ3v) is 6.72. The molecule has 28 heavy (non-hydrogen) atoms. The minimum atomic E-state index is -0.692. The van der Waals surface area contributed by atoms with E-state index in [4.69, 9.17) is 4.98 Å². The van der Waals surface area contributed by atoms with Gasteiger partial charge in [0, 0.05) is 6.54 Å². The summed E-state index contributed by atoms with van der Waals surface area (Å²) in [5.74, 6) is -0.509. The number of aliphatic carboxylic acids is 1. The maximum atomic E-state index is 11.6. The molecule has 2 aromatic carbocycles. The number of hydrogen-bond acceptors (Lipinski definition) is 4. The highest BCUT2D eigenvalue weighted by molar-refractivity contribution is 7.18. The lowest BCUT2D eigenvalue weighted by molar-refractivity contribution is -0.143. The summed E-state index contributed by atoms with van der Waals surface area (Å²) in [4.78, 5) is 18.8. The number of rotatable bonds is 5. The fraction of sp³-hybridized carbons (Fsp3) is 0.391. The third-order valence-electron chi connectivity index (χ3n) is 5.63. The van der Waals surface area contributed by atoms with Crippen LogP contribution in [-0.2, 0) is 4.79 Å². The van der Waals surface area contributed by atoms with E-state index >= 15 is 0 Å². The molecule has 1 aliphatic rings. The Morgan fingerprint density at radius 3 is 2.54 bits per heavy atom. The molecule has 2 unspecified atom stereocenters. The quantitative estimate of drug-likeness (QED) is 0.637. The number of carbonyl (C=O) groups is 1. The van der Waals surface area contributed by atoms with E-state index in [2.05, 4.69) is 49.1 Å². The van der Waals surface area contributed by atoms with Crippen LogP contribution >= 0.6 is 11.3 Å². The standard InChI is InChI=1S/C23H26N2O2S/c1-15(2)16-9-11-17(12-10-16)21(25-13-5-6-18(14-25)23(26)27)22-24-19-7-3-4-8-20(19)28-22/h3-4,7-12,15,18,21H,5-6,13-14H2,1-2H3,(H,26,27). The number of piperidine rings is 1. The summed E-state index contributed by atoms with van der Waals surface area (Å²) in [5.41, 5.74) is 3.52. The predicted octanol–water partition coefficient (Wildman–Crippen LogP) is 5.31. The van der Waals surface area contributed by atoms with E-state index in [1.54, 1.807) is 11.3 Å². The lowest BCUT2D eigenvalue weighted by Gasteiger charge is -2.36. The van der Waals surface area contributed by atoms with E-state index in [0.29, 0.717) is 12.5 Å². The average Bonchev–Trinajstić information content (AvgIpc) is 3.12. The van der Waals surface area contributed by atoms with Crippen LogP contribution in [0.3, 0.4) is 0 Å². The van der Waals surface area contributed by atoms with Crippen LogP contribution in [0.4, 0.5) is 0 Å². The molecule has 4 rings (SSSR count). The van der Waals surface area contributed by atoms with Gasteiger partial charge in [-0.05, 0) is 48.6 Å². The fourth-order valence-corrected chi connectivity index (χ4v) is 5.15. The Hall–Kier alpha value is -2.24. The first-order chi connectivity index (χ1) is 13.5. The van der Waals surface area contributed by atoms with Gasteiger partial charge < -0.3 is 5.11 Å². The van der Waals surface area contributed by atoms with E-state index in [0.717, 1.165) is 29.9 Å². The van der Waals surface area contributed by atoms with Crippen LogP contribution in [0, 0.1) is 5.92 Å². The van der Waals surface area contributed by atoms with Gasteiger partial charge in [-0.3, -0.25) is 9.69 Å². The van der Waals surface area contributed by atoms with Gasteiger partial charge >= 0.3 is 5.97 Å². The van der Waals surface area contributed by atoms with Crippen LogP contribution in [0.1, 0.15) is 54.8 Å². The molecule has 0 radical (unpaired) electrons. The summed E-state index contributed by atoms with van der Waals surface area (Å²) in [6.45, 7) is 5.86. The number of hydrogen-bond donors (Lipinski definition) is 1. The molecule has 1 N–H and O–H groups in total. The summed E-state index contributed by atoms with van der Waals surface area (Å²) >= 11 is 1.71. The highest BCUT2D eigenvalue weighted by Gasteiger charge is 2.32. The molecule has 0 aliphatic carbocycles. The van der Waals surface area contributed by atoms with Crippen molar-refractivity contribution in [3.8, 4) is 0 Å². The average molecular weight is 395 g/mol. The fourth-order valence-electron chi connectivity index (χ4n) is 4.02. The largest absolute Gasteiger partial charge is 0.481 e. The molecule has 0 saturated carbocycles. The molecule has 0 bridgehead atoms. The summed E-state index contributed by atoms with van der Waals surface area (Å²) in [6.07, 6.45) is 1.66. The molecule has 1 fully saturated rings. The van der Waals surface area contributed by atoms with Crippen molar-refractivity contribution in [3.05, 3.63) is 64.7 Å². The van der Waals surface area contributed by atoms with Crippen molar-refractivity contribution in [2.24, 2.45) is 5.92 Å². The number of thiazole rings is 1. The number of carboxylic acid groups (broad SMARTS) is 1. The minimum absolute atomic E-state index is 0.000706. The zero-order valence-corrected chi connectivity index (χ0v) is 17.2. The summed E-state index contributed by atoms with van der Waals surface area (Å²) in [7, 11) is 0. The molecule has 1 saturated heterocycles. The van der Waals surface area contributed by atoms with Gasteiger partial charge in [0.1, 0.15) is 5.01 Å². The van der Waals surface area contributed by atoms with E-state index in [1.165, 1.54) is 15.8 Å². The van der Waals surface area contributed by atoms with Crippen LogP contribution in [0.15, 0.2) is 48.5 Å². The number of aromatic nitrogens is 1. The van der Waals surface area contributed by atoms with Crippen molar-refractivity contribution < 1.29 is 9.90 Å². The second-order valence-corrected chi connectivity index (χ2v) is 8.98. The van der Waals surface area contributed by atoms with Gasteiger partial charge in [-0.1, -0.05) is 50.2 Å². The van der Waals surface area contributed by atoms with Gasteiger partial charge in [0.15, 0.2) is 0 Å². The molecule has 0 spiro atoms. The SMILES string of the molecule is CC(C)c1ccc(C(c2nc3ccccc3s2)N2CCCC(C(=O)O)C2)cc1. The number of fused-ring (bicyclic) bond motifs is 1. The smallest absolute Gasteiger partial charge is 0.307 e. The first-order valence-electron chi connectivity index (χ1n) is 9.95. The van der Waals surface area contributed by atoms with Crippen molar-refractivity contribution in [2.75, 3.05) is 13.1 Å². The summed E-state index contributed by atoms with van der Waals surface area (Å²) < 4.78 is 1.17. The predicted molar refractivity (Wildman–Crippen MR) is 114 cm³/mol. The maximum Gasteiger partial charge on any atom is 0.307 e. The van der Waals surface area contributed by atoms with Crippen molar-refractivity contribution in [3.63, 3.8) is 0 Å². The van der Waals surface area contributed by atoms with Crippen molar-refractivity contribution in [1.82, 2.24) is 9.88 Å². The Balaban J connectivity index is 1.75. The van der Waals surface area contributed by atoms with Gasteiger partial charge in [0.25, 0.3) is 0 Å². The monoisotopic (exact) mass is 394 g/mol. The second kappa shape index (κ2) is 8.02. The highest BCUT2D eigenvalue weighted by Crippen LogP contribution is 2.37. The zero-order valence-electron chi connectivity index (χ0n) is 16.3. The summed E-state index contributed by atoms with van der Waals surface area (Å²) in [6, 6.07) is 17.0. The molecular weight excluding hydrogens is 368 g/mol. The maximum absolute atomic E-state index is 11.6. The van der Waals surface area contributed by atoms with E-state index < -0.39 is 5.97 Å². The van der Waals surface area contributed by atoms with E-state index in [1.807, 2.05) is 18.2 Å². The van der Waals surface area contributed by atoms with Crippen LogP contribution in [0.5, 0.6) is 0 Å². The lowest BCUT2D eigenvalue weighted by Crippen LogP contribution is -2.41. The molecule has 2 heterocycles. The Kier molecular flexibility index (Phi) is 5.47. The molecule has 5 heteroatoms. The third kappa shape index (κ3) is 3.82. The lowest BCUT2D eigenvalue weighted by atomic mass is 9.94. The Labute approximate surface area is 169 Å². The van der Waals surface area contributed by atoms with Crippen molar-refractivity contribution in [1.29, 1.82) is 0 Å². The van der Waals surface area contributed by atoms with E-state index in [9.17, 15) is 9.90 Å². The number of nitrogens with zero attached hydrogens (tertiary/aromatic N) is 2. The van der Waals surface area contributed by atoms with Crippen LogP contribution in [0.2, 0.25) is 0 Å². The van der Waals surface area contributed by atoms with Gasteiger partial charge in [-0.15, -0.1) is 11.3 Å².